The van der Waals surface area contributed by atoms with Crippen LogP contribution in [0.25, 0.3) is 0 Å². The number of carbonyl (C=O) groups is 2. The second-order valence-corrected chi connectivity index (χ2v) is 10.1. The number of methoxy groups -OCH3 is 2. The molecule has 0 bridgehead atoms. The van der Waals surface area contributed by atoms with E-state index in [1.807, 2.05) is 12.1 Å². The van der Waals surface area contributed by atoms with Crippen LogP contribution in [0.15, 0.2) is 47.6 Å². The molecule has 208 valence electrons. The quantitative estimate of drug-likeness (QED) is 0.462. The van der Waals surface area contributed by atoms with Gasteiger partial charge >= 0.3 is 0 Å². The van der Waals surface area contributed by atoms with Crippen LogP contribution in [-0.2, 0) is 14.3 Å². The molecule has 39 heavy (non-hydrogen) atoms. The summed E-state index contributed by atoms with van der Waals surface area (Å²) in [6.07, 6.45) is 2.15. The van der Waals surface area contributed by atoms with E-state index >= 15 is 0 Å². The summed E-state index contributed by atoms with van der Waals surface area (Å²) in [6.45, 7) is 4.08. The van der Waals surface area contributed by atoms with Crippen molar-refractivity contribution < 1.29 is 28.2 Å². The van der Waals surface area contributed by atoms with Gasteiger partial charge in [-0.25, -0.2) is 9.40 Å². The molecule has 0 aromatic heterocycles. The minimum atomic E-state index is -0.433. The van der Waals surface area contributed by atoms with Crippen LogP contribution in [0.3, 0.4) is 0 Å². The van der Waals surface area contributed by atoms with Crippen LogP contribution in [0.2, 0.25) is 0 Å². The fourth-order valence-electron chi connectivity index (χ4n) is 5.06. The van der Waals surface area contributed by atoms with E-state index in [4.69, 9.17) is 19.3 Å². The standard InChI is InChI=1S/C29H35FN4O5/c1-37-23-9-10-24(27(17-23)38-2)25-18-26(20-5-7-22(30)8-6-20)34(31-25)28(35)19-33(29(36)21-3-4-21)12-11-32-13-15-39-16-14-32/h5-10,17,21,26H,3-4,11-16,18-19H2,1-2H3. The summed E-state index contributed by atoms with van der Waals surface area (Å²) in [5.41, 5.74) is 2.19. The Morgan fingerprint density at radius 2 is 1.82 bits per heavy atom. The zero-order valence-corrected chi connectivity index (χ0v) is 22.5. The zero-order chi connectivity index (χ0) is 27.4. The Bertz CT molecular complexity index is 1210. The Hall–Kier alpha value is -3.50. The van der Waals surface area contributed by atoms with Crippen molar-refractivity contribution in [2.75, 3.05) is 60.2 Å². The van der Waals surface area contributed by atoms with Crippen LogP contribution in [0.5, 0.6) is 11.5 Å². The number of hydrogen-bond donors (Lipinski definition) is 0. The van der Waals surface area contributed by atoms with Gasteiger partial charge in [0.15, 0.2) is 0 Å². The van der Waals surface area contributed by atoms with Crippen molar-refractivity contribution in [1.82, 2.24) is 14.8 Å². The van der Waals surface area contributed by atoms with Crippen molar-refractivity contribution in [2.24, 2.45) is 11.0 Å². The fraction of sp³-hybridized carbons (Fsp3) is 0.483. The lowest BCUT2D eigenvalue weighted by molar-refractivity contribution is -0.142. The van der Waals surface area contributed by atoms with E-state index in [1.165, 1.54) is 17.1 Å². The number of hydrazone groups is 1. The van der Waals surface area contributed by atoms with Crippen molar-refractivity contribution in [2.45, 2.75) is 25.3 Å². The van der Waals surface area contributed by atoms with Gasteiger partial charge in [-0.1, -0.05) is 12.1 Å². The molecule has 1 aliphatic carbocycles. The topological polar surface area (TPSA) is 83.9 Å². The number of morpholine rings is 1. The molecule has 2 fully saturated rings. The molecular formula is C29H35FN4O5. The maximum Gasteiger partial charge on any atom is 0.262 e. The van der Waals surface area contributed by atoms with E-state index < -0.39 is 6.04 Å². The van der Waals surface area contributed by atoms with Gasteiger partial charge < -0.3 is 19.1 Å². The second kappa shape index (κ2) is 12.1. The van der Waals surface area contributed by atoms with Gasteiger partial charge in [0.25, 0.3) is 5.91 Å². The lowest BCUT2D eigenvalue weighted by Gasteiger charge is -2.31. The number of amides is 2. The SMILES string of the molecule is COc1ccc(C2=NN(C(=O)CN(CCN3CCOCC3)C(=O)C3CC3)C(c3ccc(F)cc3)C2)c(OC)c1. The van der Waals surface area contributed by atoms with Gasteiger partial charge in [-0.15, -0.1) is 0 Å². The molecule has 2 heterocycles. The van der Waals surface area contributed by atoms with Gasteiger partial charge in [-0.05, 0) is 42.7 Å². The Morgan fingerprint density at radius 1 is 1.08 bits per heavy atom. The Morgan fingerprint density at radius 3 is 2.49 bits per heavy atom. The van der Waals surface area contributed by atoms with Gasteiger partial charge in [0.05, 0.1) is 39.2 Å². The molecular weight excluding hydrogens is 503 g/mol. The summed E-state index contributed by atoms with van der Waals surface area (Å²) in [4.78, 5) is 30.9. The molecule has 0 N–H and O–H groups in total. The van der Waals surface area contributed by atoms with Gasteiger partial charge in [0.1, 0.15) is 23.9 Å². The highest BCUT2D eigenvalue weighted by molar-refractivity contribution is 6.05. The predicted octanol–water partition coefficient (Wildman–Crippen LogP) is 3.09. The number of carbonyl (C=O) groups excluding carboxylic acids is 2. The molecule has 9 nitrogen and oxygen atoms in total. The van der Waals surface area contributed by atoms with Crippen LogP contribution >= 0.6 is 0 Å². The predicted molar refractivity (Wildman–Crippen MR) is 143 cm³/mol. The average molecular weight is 539 g/mol. The lowest BCUT2D eigenvalue weighted by atomic mass is 9.97. The summed E-state index contributed by atoms with van der Waals surface area (Å²) in [5.74, 6) is 0.620. The van der Waals surface area contributed by atoms with Gasteiger partial charge in [-0.3, -0.25) is 14.5 Å². The molecule has 0 spiro atoms. The van der Waals surface area contributed by atoms with Crippen LogP contribution in [0.4, 0.5) is 4.39 Å². The Balaban J connectivity index is 1.40. The lowest BCUT2D eigenvalue weighted by Crippen LogP contribution is -2.47. The third-order valence-corrected chi connectivity index (χ3v) is 7.49. The molecule has 2 aliphatic heterocycles. The molecule has 10 heteroatoms. The molecule has 5 rings (SSSR count). The van der Waals surface area contributed by atoms with Crippen molar-refractivity contribution in [3.63, 3.8) is 0 Å². The number of ether oxygens (including phenoxy) is 3. The van der Waals surface area contributed by atoms with Crippen LogP contribution < -0.4 is 9.47 Å². The summed E-state index contributed by atoms with van der Waals surface area (Å²) < 4.78 is 30.1. The minimum Gasteiger partial charge on any atom is -0.497 e. The first-order chi connectivity index (χ1) is 19.0. The van der Waals surface area contributed by atoms with Gasteiger partial charge in [0.2, 0.25) is 5.91 Å². The number of benzene rings is 2. The summed E-state index contributed by atoms with van der Waals surface area (Å²) in [6, 6.07) is 11.1. The zero-order valence-electron chi connectivity index (χ0n) is 22.5. The maximum absolute atomic E-state index is 13.8. The number of rotatable bonds is 10. The van der Waals surface area contributed by atoms with E-state index in [9.17, 15) is 14.0 Å². The molecule has 3 aliphatic rings. The molecule has 2 amide bonds. The minimum absolute atomic E-state index is 0.00316. The molecule has 1 atom stereocenters. The molecule has 1 unspecified atom stereocenters. The average Bonchev–Trinajstić information content (AvgIpc) is 3.73. The maximum atomic E-state index is 13.8. The monoisotopic (exact) mass is 538 g/mol. The van der Waals surface area contributed by atoms with Crippen molar-refractivity contribution in [3.05, 3.63) is 59.4 Å². The normalized spacial score (nSPS) is 19.5. The molecule has 0 radical (unpaired) electrons. The highest BCUT2D eigenvalue weighted by Gasteiger charge is 2.38. The first-order valence-corrected chi connectivity index (χ1v) is 13.4. The first-order valence-electron chi connectivity index (χ1n) is 13.4. The number of halogens is 1. The van der Waals surface area contributed by atoms with Crippen LogP contribution in [0, 0.1) is 11.7 Å². The van der Waals surface area contributed by atoms with E-state index in [0.29, 0.717) is 49.9 Å². The van der Waals surface area contributed by atoms with E-state index in [2.05, 4.69) is 4.90 Å². The Kier molecular flexibility index (Phi) is 8.42. The number of hydrogen-bond acceptors (Lipinski definition) is 7. The molecule has 2 aromatic rings. The van der Waals surface area contributed by atoms with Gasteiger partial charge in [-0.2, -0.15) is 5.10 Å². The van der Waals surface area contributed by atoms with Crippen molar-refractivity contribution in [3.8, 4) is 11.5 Å². The first kappa shape index (κ1) is 27.1. The fourth-order valence-corrected chi connectivity index (χ4v) is 5.06. The Labute approximate surface area is 228 Å². The highest BCUT2D eigenvalue weighted by Crippen LogP contribution is 2.37. The molecule has 1 saturated carbocycles. The van der Waals surface area contributed by atoms with Crippen LogP contribution in [-0.4, -0.2) is 92.5 Å². The summed E-state index contributed by atoms with van der Waals surface area (Å²) in [7, 11) is 3.16. The van der Waals surface area contributed by atoms with Crippen molar-refractivity contribution in [1.29, 1.82) is 0 Å². The summed E-state index contributed by atoms with van der Waals surface area (Å²) >= 11 is 0. The van der Waals surface area contributed by atoms with E-state index in [1.54, 1.807) is 37.3 Å². The van der Waals surface area contributed by atoms with E-state index in [0.717, 1.165) is 37.1 Å². The van der Waals surface area contributed by atoms with Gasteiger partial charge in [0, 0.05) is 50.1 Å². The van der Waals surface area contributed by atoms with Crippen molar-refractivity contribution >= 4 is 17.5 Å². The van der Waals surface area contributed by atoms with E-state index in [-0.39, 0.29) is 30.1 Å². The highest BCUT2D eigenvalue weighted by atomic mass is 19.1. The smallest absolute Gasteiger partial charge is 0.262 e. The summed E-state index contributed by atoms with van der Waals surface area (Å²) in [5, 5.41) is 6.20. The molecule has 2 aromatic carbocycles. The van der Waals surface area contributed by atoms with Crippen LogP contribution in [0.1, 0.15) is 36.4 Å². The second-order valence-electron chi connectivity index (χ2n) is 10.1. The molecule has 1 saturated heterocycles. The largest absolute Gasteiger partial charge is 0.497 e. The third kappa shape index (κ3) is 6.39. The number of nitrogens with zero attached hydrogens (tertiary/aromatic N) is 4. The third-order valence-electron chi connectivity index (χ3n) is 7.49.